The van der Waals surface area contributed by atoms with Gasteiger partial charge in [-0.3, -0.25) is 0 Å². The van der Waals surface area contributed by atoms with Crippen LogP contribution in [0.1, 0.15) is 31.2 Å². The van der Waals surface area contributed by atoms with E-state index in [0.717, 1.165) is 6.08 Å². The third-order valence-electron chi connectivity index (χ3n) is 3.36. The first-order valence-corrected chi connectivity index (χ1v) is 6.71. The van der Waals surface area contributed by atoms with Gasteiger partial charge in [-0.25, -0.2) is 4.79 Å². The lowest BCUT2D eigenvalue weighted by molar-refractivity contribution is -0.225. The van der Waals surface area contributed by atoms with Crippen LogP contribution in [0, 0.1) is 0 Å². The van der Waals surface area contributed by atoms with Crippen molar-refractivity contribution in [2.75, 3.05) is 0 Å². The first-order chi connectivity index (χ1) is 9.88. The molecule has 1 aromatic carbocycles. The van der Waals surface area contributed by atoms with Crippen molar-refractivity contribution in [3.05, 3.63) is 29.8 Å². The van der Waals surface area contributed by atoms with Gasteiger partial charge in [0.05, 0.1) is 6.10 Å². The van der Waals surface area contributed by atoms with Crippen LogP contribution in [-0.4, -0.2) is 38.3 Å². The Morgan fingerprint density at radius 1 is 1.33 bits per heavy atom. The average molecular weight is 294 g/mol. The minimum absolute atomic E-state index is 0.00653. The molecule has 0 amide bonds. The van der Waals surface area contributed by atoms with E-state index in [1.54, 1.807) is 0 Å². The zero-order chi connectivity index (χ0) is 15.5. The molecule has 6 heteroatoms. The molecule has 0 spiro atoms. The maximum atomic E-state index is 11.7. The van der Waals surface area contributed by atoms with Gasteiger partial charge in [0.15, 0.2) is 11.5 Å². The van der Waals surface area contributed by atoms with Crippen molar-refractivity contribution in [3.63, 3.8) is 0 Å². The maximum absolute atomic E-state index is 11.7. The summed E-state index contributed by atoms with van der Waals surface area (Å²) in [5.74, 6) is -2.91. The van der Waals surface area contributed by atoms with E-state index in [-0.39, 0.29) is 17.9 Å². The summed E-state index contributed by atoms with van der Waals surface area (Å²) in [6.07, 6.45) is 3.31. The number of rotatable bonds is 3. The Hall–Kier alpha value is -2.05. The van der Waals surface area contributed by atoms with Gasteiger partial charge in [-0.1, -0.05) is 6.07 Å². The fourth-order valence-electron chi connectivity index (χ4n) is 2.31. The zero-order valence-corrected chi connectivity index (χ0v) is 11.4. The molecule has 6 nitrogen and oxygen atoms in total. The summed E-state index contributed by atoms with van der Waals surface area (Å²) < 4.78 is 4.98. The van der Waals surface area contributed by atoms with Crippen LogP contribution < -0.4 is 0 Å². The lowest BCUT2D eigenvalue weighted by Gasteiger charge is -2.33. The van der Waals surface area contributed by atoms with E-state index in [9.17, 15) is 25.2 Å². The average Bonchev–Trinajstić information content (AvgIpc) is 2.39. The number of hydrogen-bond acceptors (Lipinski definition) is 6. The number of ether oxygens (including phenoxy) is 1. The first kappa shape index (κ1) is 15.3. The number of phenols is 2. The molecule has 1 aliphatic rings. The number of aliphatic hydroxyl groups excluding tert-OH is 1. The fourth-order valence-corrected chi connectivity index (χ4v) is 2.31. The Morgan fingerprint density at radius 2 is 2.10 bits per heavy atom. The van der Waals surface area contributed by atoms with Gasteiger partial charge in [-0.2, -0.15) is 0 Å². The minimum atomic E-state index is -1.63. The van der Waals surface area contributed by atoms with E-state index >= 15 is 0 Å². The van der Waals surface area contributed by atoms with E-state index in [4.69, 9.17) is 4.74 Å². The first-order valence-electron chi connectivity index (χ1n) is 6.71. The summed E-state index contributed by atoms with van der Waals surface area (Å²) in [4.78, 5) is 11.7. The van der Waals surface area contributed by atoms with Gasteiger partial charge in [0, 0.05) is 18.9 Å². The summed E-state index contributed by atoms with van der Waals surface area (Å²) in [7, 11) is 0. The summed E-state index contributed by atoms with van der Waals surface area (Å²) in [6, 6.07) is 4.10. The van der Waals surface area contributed by atoms with Crippen LogP contribution in [0.25, 0.3) is 6.08 Å². The smallest absolute Gasteiger partial charge is 0.333 e. The monoisotopic (exact) mass is 294 g/mol. The van der Waals surface area contributed by atoms with Crippen molar-refractivity contribution in [2.24, 2.45) is 0 Å². The summed E-state index contributed by atoms with van der Waals surface area (Å²) in [5.41, 5.74) is 0.498. The van der Waals surface area contributed by atoms with Gasteiger partial charge in [-0.05, 0) is 36.6 Å². The topological polar surface area (TPSA) is 107 Å². The fraction of sp³-hybridized carbons (Fsp3) is 0.400. The SMILES string of the molecule is O=C(/C=C/c1ccc(O)c(O)c1)O[C@@]1(O)CCC[C@@H](O)C1. The highest BCUT2D eigenvalue weighted by molar-refractivity contribution is 5.87. The van der Waals surface area contributed by atoms with Crippen molar-refractivity contribution in [3.8, 4) is 11.5 Å². The number of phenolic OH excluding ortho intramolecular Hbond substituents is 2. The molecule has 0 aliphatic heterocycles. The zero-order valence-electron chi connectivity index (χ0n) is 11.4. The third-order valence-corrected chi connectivity index (χ3v) is 3.36. The van der Waals surface area contributed by atoms with Gasteiger partial charge in [-0.15, -0.1) is 0 Å². The highest BCUT2D eigenvalue weighted by Gasteiger charge is 2.36. The molecule has 1 fully saturated rings. The van der Waals surface area contributed by atoms with Crippen LogP contribution in [0.3, 0.4) is 0 Å². The van der Waals surface area contributed by atoms with Crippen LogP contribution in [0.5, 0.6) is 11.5 Å². The van der Waals surface area contributed by atoms with Crippen molar-refractivity contribution in [1.29, 1.82) is 0 Å². The van der Waals surface area contributed by atoms with Gasteiger partial charge < -0.3 is 25.2 Å². The highest BCUT2D eigenvalue weighted by atomic mass is 16.7. The molecule has 1 saturated carbocycles. The minimum Gasteiger partial charge on any atom is -0.504 e. The number of carbonyl (C=O) groups excluding carboxylic acids is 1. The molecule has 4 N–H and O–H groups in total. The number of benzene rings is 1. The molecule has 21 heavy (non-hydrogen) atoms. The second kappa shape index (κ2) is 6.15. The molecule has 0 heterocycles. The normalized spacial score (nSPS) is 25.9. The van der Waals surface area contributed by atoms with Crippen molar-refractivity contribution in [1.82, 2.24) is 0 Å². The van der Waals surface area contributed by atoms with Crippen LogP contribution in [0.15, 0.2) is 24.3 Å². The largest absolute Gasteiger partial charge is 0.504 e. The predicted octanol–water partition coefficient (Wildman–Crippen LogP) is 1.28. The Balaban J connectivity index is 1.97. The number of carbonyl (C=O) groups is 1. The molecule has 114 valence electrons. The molecular formula is C15H18O6. The van der Waals surface area contributed by atoms with Gasteiger partial charge in [0.1, 0.15) is 0 Å². The quantitative estimate of drug-likeness (QED) is 0.289. The molecule has 1 aliphatic carbocycles. The molecule has 1 aromatic rings. The number of aromatic hydroxyl groups is 2. The van der Waals surface area contributed by atoms with Crippen molar-refractivity contribution >= 4 is 12.0 Å². The van der Waals surface area contributed by atoms with Crippen LogP contribution in [0.4, 0.5) is 0 Å². The van der Waals surface area contributed by atoms with Gasteiger partial charge in [0.2, 0.25) is 5.79 Å². The summed E-state index contributed by atoms with van der Waals surface area (Å²) in [6.45, 7) is 0. The second-order valence-corrected chi connectivity index (χ2v) is 5.20. The van der Waals surface area contributed by atoms with Crippen LogP contribution in [-0.2, 0) is 9.53 Å². The highest BCUT2D eigenvalue weighted by Crippen LogP contribution is 2.30. The van der Waals surface area contributed by atoms with E-state index in [2.05, 4.69) is 0 Å². The molecular weight excluding hydrogens is 276 g/mol. The molecule has 0 unspecified atom stereocenters. The molecule has 0 saturated heterocycles. The van der Waals surface area contributed by atoms with E-state index in [1.165, 1.54) is 24.3 Å². The van der Waals surface area contributed by atoms with E-state index in [0.29, 0.717) is 24.8 Å². The Morgan fingerprint density at radius 3 is 2.76 bits per heavy atom. The van der Waals surface area contributed by atoms with Crippen LogP contribution >= 0.6 is 0 Å². The standard InChI is InChI=1S/C15H18O6/c16-11-2-1-7-15(20,9-11)21-14(19)6-4-10-3-5-12(17)13(18)8-10/h3-6,8,11,16-18,20H,1-2,7,9H2/b6-4+/t11-,15+/m1/s1. The Labute approximate surface area is 121 Å². The summed E-state index contributed by atoms with van der Waals surface area (Å²) >= 11 is 0. The lowest BCUT2D eigenvalue weighted by Crippen LogP contribution is -2.41. The lowest BCUT2D eigenvalue weighted by atomic mass is 9.92. The number of hydrogen-bond donors (Lipinski definition) is 4. The second-order valence-electron chi connectivity index (χ2n) is 5.20. The number of aliphatic hydroxyl groups is 2. The molecule has 0 aromatic heterocycles. The molecule has 0 radical (unpaired) electrons. The van der Waals surface area contributed by atoms with Gasteiger partial charge >= 0.3 is 5.97 Å². The predicted molar refractivity (Wildman–Crippen MR) is 74.3 cm³/mol. The molecule has 2 rings (SSSR count). The third kappa shape index (κ3) is 4.21. The van der Waals surface area contributed by atoms with E-state index < -0.39 is 17.9 Å². The van der Waals surface area contributed by atoms with Crippen molar-refractivity contribution < 1.29 is 30.0 Å². The van der Waals surface area contributed by atoms with Crippen molar-refractivity contribution in [2.45, 2.75) is 37.6 Å². The Kier molecular flexibility index (Phi) is 4.50. The van der Waals surface area contributed by atoms with Gasteiger partial charge in [0.25, 0.3) is 0 Å². The Bertz CT molecular complexity index is 553. The van der Waals surface area contributed by atoms with Crippen LogP contribution in [0.2, 0.25) is 0 Å². The maximum Gasteiger partial charge on any atom is 0.333 e. The number of esters is 1. The summed E-state index contributed by atoms with van der Waals surface area (Å²) in [5, 5.41) is 38.1. The van der Waals surface area contributed by atoms with E-state index in [1.807, 2.05) is 0 Å². The molecule has 2 atom stereocenters. The molecule has 0 bridgehead atoms.